The molecule has 0 aliphatic carbocycles. The van der Waals surface area contributed by atoms with Gasteiger partial charge in [-0.15, -0.1) is 16.4 Å². The second-order valence-corrected chi connectivity index (χ2v) is 5.41. The number of fused-ring (bicyclic) bond motifs is 1. The zero-order valence-electron chi connectivity index (χ0n) is 9.07. The Labute approximate surface area is 106 Å². The van der Waals surface area contributed by atoms with Crippen LogP contribution in [-0.2, 0) is 5.75 Å². The number of rotatable bonds is 3. The smallest absolute Gasteiger partial charge is 0.246 e. The number of thiazole rings is 1. The number of nitrogens with zero attached hydrogens (tertiary/aromatic N) is 5. The van der Waals surface area contributed by atoms with Crippen molar-refractivity contribution in [2.75, 3.05) is 0 Å². The molecule has 0 atom stereocenters. The van der Waals surface area contributed by atoms with E-state index in [0.717, 1.165) is 21.6 Å². The van der Waals surface area contributed by atoms with Gasteiger partial charge < -0.3 is 0 Å². The van der Waals surface area contributed by atoms with E-state index in [0.29, 0.717) is 5.78 Å². The molecule has 0 N–H and O–H groups in total. The lowest BCUT2D eigenvalue weighted by Gasteiger charge is -1.90. The van der Waals surface area contributed by atoms with Crippen LogP contribution < -0.4 is 0 Å². The Hall–Kier alpha value is -1.47. The van der Waals surface area contributed by atoms with Crippen molar-refractivity contribution in [2.45, 2.75) is 17.8 Å². The first-order valence-corrected chi connectivity index (χ1v) is 6.89. The summed E-state index contributed by atoms with van der Waals surface area (Å²) in [4.78, 5) is 12.8. The van der Waals surface area contributed by atoms with Gasteiger partial charge in [0.2, 0.25) is 5.16 Å². The first kappa shape index (κ1) is 10.7. The molecule has 0 spiro atoms. The van der Waals surface area contributed by atoms with Gasteiger partial charge >= 0.3 is 0 Å². The molecule has 3 aromatic rings. The molecule has 0 saturated heterocycles. The van der Waals surface area contributed by atoms with Gasteiger partial charge in [-0.2, -0.15) is 4.98 Å². The number of hydrogen-bond acceptors (Lipinski definition) is 6. The van der Waals surface area contributed by atoms with Gasteiger partial charge in [-0.05, 0) is 13.0 Å². The molecule has 86 valence electrons. The molecule has 0 aliphatic heterocycles. The molecule has 5 nitrogen and oxygen atoms in total. The predicted molar refractivity (Wildman–Crippen MR) is 67.2 cm³/mol. The van der Waals surface area contributed by atoms with Gasteiger partial charge in [-0.3, -0.25) is 0 Å². The SMILES string of the molecule is Cc1nc(CSc2nc3ncccn3n2)cs1. The Bertz CT molecular complexity index is 612. The highest BCUT2D eigenvalue weighted by Crippen LogP contribution is 2.20. The summed E-state index contributed by atoms with van der Waals surface area (Å²) in [6, 6.07) is 1.83. The van der Waals surface area contributed by atoms with Crippen molar-refractivity contribution in [2.24, 2.45) is 0 Å². The van der Waals surface area contributed by atoms with Gasteiger partial charge in [0, 0.05) is 23.5 Å². The number of hydrogen-bond donors (Lipinski definition) is 0. The number of aromatic nitrogens is 5. The van der Waals surface area contributed by atoms with Crippen molar-refractivity contribution in [1.29, 1.82) is 0 Å². The fourth-order valence-electron chi connectivity index (χ4n) is 1.39. The van der Waals surface area contributed by atoms with Gasteiger partial charge in [-0.25, -0.2) is 14.5 Å². The Morgan fingerprint density at radius 1 is 1.41 bits per heavy atom. The first-order chi connectivity index (χ1) is 8.31. The van der Waals surface area contributed by atoms with Crippen LogP contribution in [0.5, 0.6) is 0 Å². The van der Waals surface area contributed by atoms with Crippen LogP contribution in [0.25, 0.3) is 5.78 Å². The average Bonchev–Trinajstić information content (AvgIpc) is 2.91. The van der Waals surface area contributed by atoms with E-state index in [1.807, 2.05) is 19.2 Å². The molecule has 0 aliphatic rings. The van der Waals surface area contributed by atoms with E-state index >= 15 is 0 Å². The molecule has 7 heteroatoms. The van der Waals surface area contributed by atoms with Crippen molar-refractivity contribution in [3.63, 3.8) is 0 Å². The average molecular weight is 263 g/mol. The fraction of sp³-hybridized carbons (Fsp3) is 0.200. The molecule has 0 saturated carbocycles. The molecule has 0 aromatic carbocycles. The highest BCUT2D eigenvalue weighted by molar-refractivity contribution is 7.98. The van der Waals surface area contributed by atoms with Gasteiger partial charge in [0.1, 0.15) is 0 Å². The Balaban J connectivity index is 1.76. The van der Waals surface area contributed by atoms with E-state index in [2.05, 4.69) is 25.4 Å². The quantitative estimate of drug-likeness (QED) is 0.678. The maximum atomic E-state index is 4.40. The highest BCUT2D eigenvalue weighted by atomic mass is 32.2. The highest BCUT2D eigenvalue weighted by Gasteiger charge is 2.06. The molecule has 3 heterocycles. The summed E-state index contributed by atoms with van der Waals surface area (Å²) >= 11 is 3.24. The second kappa shape index (κ2) is 4.42. The molecule has 0 unspecified atom stereocenters. The van der Waals surface area contributed by atoms with Gasteiger partial charge in [0.05, 0.1) is 10.7 Å². The number of aryl methyl sites for hydroxylation is 1. The summed E-state index contributed by atoms with van der Waals surface area (Å²) < 4.78 is 1.68. The molecule has 0 radical (unpaired) electrons. The van der Waals surface area contributed by atoms with Crippen molar-refractivity contribution in [3.8, 4) is 0 Å². The zero-order chi connectivity index (χ0) is 11.7. The number of thioether (sulfide) groups is 1. The normalized spacial score (nSPS) is 11.1. The summed E-state index contributed by atoms with van der Waals surface area (Å²) in [7, 11) is 0. The van der Waals surface area contributed by atoms with Crippen LogP contribution >= 0.6 is 23.1 Å². The Morgan fingerprint density at radius 3 is 3.12 bits per heavy atom. The van der Waals surface area contributed by atoms with E-state index in [-0.39, 0.29) is 0 Å². The lowest BCUT2D eigenvalue weighted by Crippen LogP contribution is -1.87. The van der Waals surface area contributed by atoms with Crippen molar-refractivity contribution in [1.82, 2.24) is 24.6 Å². The topological polar surface area (TPSA) is 56.0 Å². The minimum atomic E-state index is 0.629. The van der Waals surface area contributed by atoms with Crippen LogP contribution in [-0.4, -0.2) is 24.6 Å². The van der Waals surface area contributed by atoms with E-state index < -0.39 is 0 Å². The summed E-state index contributed by atoms with van der Waals surface area (Å²) in [5.74, 6) is 1.42. The zero-order valence-corrected chi connectivity index (χ0v) is 10.7. The lowest BCUT2D eigenvalue weighted by atomic mass is 10.6. The molecule has 3 aromatic heterocycles. The lowest BCUT2D eigenvalue weighted by molar-refractivity contribution is 0.879. The maximum absolute atomic E-state index is 4.40. The molecule has 0 amide bonds. The van der Waals surface area contributed by atoms with Gasteiger partial charge in [0.25, 0.3) is 5.78 Å². The van der Waals surface area contributed by atoms with Crippen LogP contribution in [0.15, 0.2) is 29.0 Å². The molecule has 0 fully saturated rings. The minimum Gasteiger partial charge on any atom is -0.246 e. The molecule has 17 heavy (non-hydrogen) atoms. The summed E-state index contributed by atoms with van der Waals surface area (Å²) in [5, 5.41) is 8.20. The monoisotopic (exact) mass is 263 g/mol. The van der Waals surface area contributed by atoms with Crippen molar-refractivity contribution >= 4 is 28.9 Å². The molecular formula is C10H9N5S2. The second-order valence-electron chi connectivity index (χ2n) is 3.41. The first-order valence-electron chi connectivity index (χ1n) is 5.02. The van der Waals surface area contributed by atoms with Crippen LogP contribution in [0.4, 0.5) is 0 Å². The van der Waals surface area contributed by atoms with Gasteiger partial charge in [0.15, 0.2) is 0 Å². The minimum absolute atomic E-state index is 0.629. The van der Waals surface area contributed by atoms with E-state index in [1.54, 1.807) is 33.8 Å². The summed E-state index contributed by atoms with van der Waals surface area (Å²) in [6.07, 6.45) is 3.55. The molecule has 3 rings (SSSR count). The van der Waals surface area contributed by atoms with Crippen LogP contribution in [0.2, 0.25) is 0 Å². The van der Waals surface area contributed by atoms with Crippen LogP contribution in [0.3, 0.4) is 0 Å². The summed E-state index contributed by atoms with van der Waals surface area (Å²) in [6.45, 7) is 2.01. The molecular weight excluding hydrogens is 254 g/mol. The van der Waals surface area contributed by atoms with Crippen molar-refractivity contribution in [3.05, 3.63) is 34.5 Å². The third-order valence-corrected chi connectivity index (χ3v) is 3.81. The Morgan fingerprint density at radius 2 is 2.35 bits per heavy atom. The largest absolute Gasteiger partial charge is 0.253 e. The van der Waals surface area contributed by atoms with Crippen LogP contribution in [0.1, 0.15) is 10.7 Å². The standard InChI is InChI=1S/C10H9N5S2/c1-7-12-8(5-16-7)6-17-10-13-9-11-3-2-4-15(9)14-10/h2-5H,6H2,1H3. The fourth-order valence-corrected chi connectivity index (χ4v) is 2.82. The third-order valence-electron chi connectivity index (χ3n) is 2.11. The van der Waals surface area contributed by atoms with E-state index in [4.69, 9.17) is 0 Å². The van der Waals surface area contributed by atoms with Gasteiger partial charge in [-0.1, -0.05) is 11.8 Å². The van der Waals surface area contributed by atoms with E-state index in [9.17, 15) is 0 Å². The predicted octanol–water partition coefficient (Wildman–Crippen LogP) is 2.18. The van der Waals surface area contributed by atoms with E-state index in [1.165, 1.54) is 0 Å². The summed E-state index contributed by atoms with van der Waals surface area (Å²) in [5.41, 5.74) is 1.07. The van der Waals surface area contributed by atoms with Crippen molar-refractivity contribution < 1.29 is 0 Å². The van der Waals surface area contributed by atoms with Crippen LogP contribution in [0, 0.1) is 6.92 Å². The molecule has 0 bridgehead atoms. The Kier molecular flexibility index (Phi) is 2.77. The maximum Gasteiger partial charge on any atom is 0.253 e. The third kappa shape index (κ3) is 2.29.